The molecule has 2 rings (SSSR count). The number of ether oxygens (including phenoxy) is 1. The zero-order chi connectivity index (χ0) is 21.1. The summed E-state index contributed by atoms with van der Waals surface area (Å²) in [4.78, 5) is 35.0. The van der Waals surface area contributed by atoms with Crippen molar-refractivity contribution in [3.05, 3.63) is 59.7 Å². The second-order valence-electron chi connectivity index (χ2n) is 6.60. The number of benzene rings is 2. The van der Waals surface area contributed by atoms with Crippen molar-refractivity contribution in [3.8, 4) is 5.75 Å². The highest BCUT2D eigenvalue weighted by molar-refractivity contribution is 5.81. The Hall–Kier alpha value is -3.35. The maximum Gasteiger partial charge on any atom is 0.303 e. The number of aldehydes is 1. The molecule has 0 aromatic heterocycles. The van der Waals surface area contributed by atoms with Gasteiger partial charge < -0.3 is 19.8 Å². The standard InChI is InChI=1S/C22H25NO6/c24-15-18-10-11-19(14-20(18)29-16-17-6-2-1-3-7-17)23(12-4-8-21(25)26)13-5-9-22(27)28/h1-3,6-7,10-11,14-15H,4-5,8-9,12-13,16H2,(H,25,26)(H,27,28). The third-order valence-corrected chi connectivity index (χ3v) is 4.36. The van der Waals surface area contributed by atoms with Crippen molar-refractivity contribution >= 4 is 23.9 Å². The minimum absolute atomic E-state index is 0.0270. The van der Waals surface area contributed by atoms with Gasteiger partial charge in [-0.2, -0.15) is 0 Å². The molecule has 0 heterocycles. The Labute approximate surface area is 169 Å². The van der Waals surface area contributed by atoms with Crippen LogP contribution in [-0.4, -0.2) is 41.5 Å². The number of carbonyl (C=O) groups is 3. The molecule has 0 aliphatic carbocycles. The molecule has 0 fully saturated rings. The predicted octanol–water partition coefficient (Wildman–Crippen LogP) is 3.61. The summed E-state index contributed by atoms with van der Waals surface area (Å²) in [5.41, 5.74) is 2.14. The molecule has 154 valence electrons. The monoisotopic (exact) mass is 399 g/mol. The van der Waals surface area contributed by atoms with Gasteiger partial charge in [-0.3, -0.25) is 14.4 Å². The van der Waals surface area contributed by atoms with E-state index in [1.165, 1.54) is 0 Å². The van der Waals surface area contributed by atoms with Crippen LogP contribution in [-0.2, 0) is 16.2 Å². The van der Waals surface area contributed by atoms with Gasteiger partial charge in [0.05, 0.1) is 5.56 Å². The fourth-order valence-corrected chi connectivity index (χ4v) is 2.89. The van der Waals surface area contributed by atoms with Gasteiger partial charge in [0.1, 0.15) is 12.4 Å². The van der Waals surface area contributed by atoms with E-state index in [1.54, 1.807) is 18.2 Å². The van der Waals surface area contributed by atoms with Crippen LogP contribution >= 0.6 is 0 Å². The molecule has 0 aliphatic rings. The van der Waals surface area contributed by atoms with E-state index in [0.29, 0.717) is 43.9 Å². The third-order valence-electron chi connectivity index (χ3n) is 4.36. The first kappa shape index (κ1) is 21.9. The van der Waals surface area contributed by atoms with Crippen molar-refractivity contribution in [2.75, 3.05) is 18.0 Å². The normalized spacial score (nSPS) is 10.3. The molecular weight excluding hydrogens is 374 g/mol. The Balaban J connectivity index is 2.15. The van der Waals surface area contributed by atoms with Gasteiger partial charge in [-0.1, -0.05) is 30.3 Å². The van der Waals surface area contributed by atoms with Crippen molar-refractivity contribution in [2.24, 2.45) is 0 Å². The highest BCUT2D eigenvalue weighted by Gasteiger charge is 2.12. The van der Waals surface area contributed by atoms with Crippen LogP contribution in [0.15, 0.2) is 48.5 Å². The van der Waals surface area contributed by atoms with Crippen LogP contribution < -0.4 is 9.64 Å². The van der Waals surface area contributed by atoms with Crippen molar-refractivity contribution in [2.45, 2.75) is 32.3 Å². The zero-order valence-electron chi connectivity index (χ0n) is 16.1. The van der Waals surface area contributed by atoms with Crippen molar-refractivity contribution in [3.63, 3.8) is 0 Å². The molecular formula is C22H25NO6. The number of anilines is 1. The molecule has 0 spiro atoms. The highest BCUT2D eigenvalue weighted by Crippen LogP contribution is 2.26. The summed E-state index contributed by atoms with van der Waals surface area (Å²) in [5, 5.41) is 17.8. The van der Waals surface area contributed by atoms with E-state index in [9.17, 15) is 14.4 Å². The van der Waals surface area contributed by atoms with E-state index in [1.807, 2.05) is 35.2 Å². The molecule has 7 heteroatoms. The van der Waals surface area contributed by atoms with E-state index < -0.39 is 11.9 Å². The lowest BCUT2D eigenvalue weighted by Crippen LogP contribution is -2.26. The summed E-state index contributed by atoms with van der Waals surface area (Å²) >= 11 is 0. The maximum absolute atomic E-state index is 11.4. The lowest BCUT2D eigenvalue weighted by molar-refractivity contribution is -0.138. The van der Waals surface area contributed by atoms with Gasteiger partial charge in [0, 0.05) is 37.7 Å². The SMILES string of the molecule is O=Cc1ccc(N(CCCC(=O)O)CCCC(=O)O)cc1OCc1ccccc1. The molecule has 0 bridgehead atoms. The van der Waals surface area contributed by atoms with Gasteiger partial charge in [-0.15, -0.1) is 0 Å². The van der Waals surface area contributed by atoms with E-state index in [0.717, 1.165) is 17.5 Å². The topological polar surface area (TPSA) is 104 Å². The minimum Gasteiger partial charge on any atom is -0.488 e. The van der Waals surface area contributed by atoms with E-state index >= 15 is 0 Å². The van der Waals surface area contributed by atoms with Crippen molar-refractivity contribution in [1.29, 1.82) is 0 Å². The molecule has 0 aliphatic heterocycles. The zero-order valence-corrected chi connectivity index (χ0v) is 16.1. The van der Waals surface area contributed by atoms with Gasteiger partial charge in [-0.05, 0) is 30.5 Å². The fourth-order valence-electron chi connectivity index (χ4n) is 2.89. The number of carboxylic acids is 2. The van der Waals surface area contributed by atoms with Crippen LogP contribution in [0.4, 0.5) is 5.69 Å². The Morgan fingerprint density at radius 1 is 0.931 bits per heavy atom. The number of nitrogens with zero attached hydrogens (tertiary/aromatic N) is 1. The van der Waals surface area contributed by atoms with Gasteiger partial charge in [0.25, 0.3) is 0 Å². The molecule has 2 aromatic rings. The van der Waals surface area contributed by atoms with Crippen LogP contribution in [0.2, 0.25) is 0 Å². The maximum atomic E-state index is 11.4. The summed E-state index contributed by atoms with van der Waals surface area (Å²) in [6, 6.07) is 14.7. The second kappa shape index (κ2) is 11.5. The molecule has 0 atom stereocenters. The van der Waals surface area contributed by atoms with Crippen molar-refractivity contribution in [1.82, 2.24) is 0 Å². The van der Waals surface area contributed by atoms with Crippen LogP contribution in [0.3, 0.4) is 0 Å². The fraction of sp³-hybridized carbons (Fsp3) is 0.318. The molecule has 0 unspecified atom stereocenters. The van der Waals surface area contributed by atoms with E-state index in [4.69, 9.17) is 14.9 Å². The number of rotatable bonds is 13. The Bertz CT molecular complexity index is 801. The first-order valence-corrected chi connectivity index (χ1v) is 9.44. The average molecular weight is 399 g/mol. The first-order valence-electron chi connectivity index (χ1n) is 9.44. The molecule has 0 amide bonds. The quantitative estimate of drug-likeness (QED) is 0.496. The Morgan fingerprint density at radius 3 is 2.10 bits per heavy atom. The van der Waals surface area contributed by atoms with E-state index in [2.05, 4.69) is 0 Å². The van der Waals surface area contributed by atoms with Gasteiger partial charge in [0.15, 0.2) is 6.29 Å². The smallest absolute Gasteiger partial charge is 0.303 e. The predicted molar refractivity (Wildman–Crippen MR) is 109 cm³/mol. The minimum atomic E-state index is -0.876. The average Bonchev–Trinajstić information content (AvgIpc) is 2.71. The molecule has 0 radical (unpaired) electrons. The van der Waals surface area contributed by atoms with Gasteiger partial charge >= 0.3 is 11.9 Å². The number of aliphatic carboxylic acids is 2. The number of carboxylic acid groups (broad SMARTS) is 2. The lowest BCUT2D eigenvalue weighted by Gasteiger charge is -2.25. The Kier molecular flexibility index (Phi) is 8.69. The number of hydrogen-bond acceptors (Lipinski definition) is 5. The van der Waals surface area contributed by atoms with Crippen LogP contribution in [0, 0.1) is 0 Å². The largest absolute Gasteiger partial charge is 0.488 e. The van der Waals surface area contributed by atoms with Crippen molar-refractivity contribution < 1.29 is 29.3 Å². The first-order chi connectivity index (χ1) is 14.0. The Morgan fingerprint density at radius 2 is 1.55 bits per heavy atom. The molecule has 2 N–H and O–H groups in total. The summed E-state index contributed by atoms with van der Waals surface area (Å²) in [6.45, 7) is 1.23. The molecule has 29 heavy (non-hydrogen) atoms. The molecule has 7 nitrogen and oxygen atoms in total. The molecule has 0 saturated heterocycles. The summed E-state index contributed by atoms with van der Waals surface area (Å²) in [7, 11) is 0. The van der Waals surface area contributed by atoms with Crippen LogP contribution in [0.25, 0.3) is 0 Å². The number of carbonyl (C=O) groups excluding carboxylic acids is 1. The van der Waals surface area contributed by atoms with Gasteiger partial charge in [0.2, 0.25) is 0 Å². The second-order valence-corrected chi connectivity index (χ2v) is 6.60. The lowest BCUT2D eigenvalue weighted by atomic mass is 10.1. The van der Waals surface area contributed by atoms with Crippen LogP contribution in [0.5, 0.6) is 5.75 Å². The van der Waals surface area contributed by atoms with E-state index in [-0.39, 0.29) is 12.8 Å². The summed E-state index contributed by atoms with van der Waals surface area (Å²) < 4.78 is 5.84. The molecule has 2 aromatic carbocycles. The number of hydrogen-bond donors (Lipinski definition) is 2. The van der Waals surface area contributed by atoms with Gasteiger partial charge in [-0.25, -0.2) is 0 Å². The summed E-state index contributed by atoms with van der Waals surface area (Å²) in [5.74, 6) is -1.32. The highest BCUT2D eigenvalue weighted by atomic mass is 16.5. The summed E-state index contributed by atoms with van der Waals surface area (Å²) in [6.07, 6.45) is 1.64. The third kappa shape index (κ3) is 7.65. The molecule has 0 saturated carbocycles. The van der Waals surface area contributed by atoms with Crippen LogP contribution in [0.1, 0.15) is 41.6 Å².